The maximum atomic E-state index is 6.00. The lowest BCUT2D eigenvalue weighted by Crippen LogP contribution is -2.38. The lowest BCUT2D eigenvalue weighted by Gasteiger charge is -2.35. The third-order valence-corrected chi connectivity index (χ3v) is 7.66. The van der Waals surface area contributed by atoms with E-state index in [4.69, 9.17) is 38.2 Å². The molecule has 1 unspecified atom stereocenters. The van der Waals surface area contributed by atoms with Crippen molar-refractivity contribution in [3.05, 3.63) is 53.2 Å². The van der Waals surface area contributed by atoms with Crippen LogP contribution < -0.4 is 20.4 Å². The highest BCUT2D eigenvalue weighted by atomic mass is 35.5. The van der Waals surface area contributed by atoms with Gasteiger partial charge in [0.25, 0.3) is 0 Å². The van der Waals surface area contributed by atoms with Crippen molar-refractivity contribution >= 4 is 46.5 Å². The summed E-state index contributed by atoms with van der Waals surface area (Å²) in [5.74, 6) is 4.07. The topological polar surface area (TPSA) is 69.5 Å². The Morgan fingerprint density at radius 1 is 0.973 bits per heavy atom. The molecule has 4 heterocycles. The van der Waals surface area contributed by atoms with Crippen LogP contribution in [-0.4, -0.2) is 40.8 Å². The molecule has 5 rings (SSSR count). The van der Waals surface area contributed by atoms with Crippen molar-refractivity contribution < 1.29 is 4.42 Å². The maximum Gasteiger partial charge on any atom is 0.232 e. The molecule has 7 nitrogen and oxygen atoms in total. The summed E-state index contributed by atoms with van der Waals surface area (Å²) in [4.78, 5) is 14.6. The Balaban J connectivity index is 1.28. The number of aromatic nitrogens is 2. The van der Waals surface area contributed by atoms with E-state index >= 15 is 0 Å². The second-order valence-corrected chi connectivity index (χ2v) is 10.8. The Hall–Kier alpha value is -2.84. The minimum Gasteiger partial charge on any atom is -0.459 e. The van der Waals surface area contributed by atoms with Gasteiger partial charge in [-0.3, -0.25) is 0 Å². The molecule has 2 N–H and O–H groups in total. The first kappa shape index (κ1) is 25.8. The number of anilines is 3. The van der Waals surface area contributed by atoms with Crippen LogP contribution in [0, 0.1) is 0 Å². The Bertz CT molecular complexity index is 1190. The molecular weight excluding hydrogens is 504 g/mol. The predicted molar refractivity (Wildman–Crippen MR) is 156 cm³/mol. The summed E-state index contributed by atoms with van der Waals surface area (Å²) in [6, 6.07) is 14.1. The summed E-state index contributed by atoms with van der Waals surface area (Å²) in [6.45, 7) is 5.83. The Labute approximate surface area is 229 Å². The summed E-state index contributed by atoms with van der Waals surface area (Å²) in [7, 11) is 0. The van der Waals surface area contributed by atoms with Gasteiger partial charge in [-0.05, 0) is 87.6 Å². The number of piperidine rings is 1. The number of halogens is 1. The zero-order valence-corrected chi connectivity index (χ0v) is 23.0. The van der Waals surface area contributed by atoms with Crippen LogP contribution in [0.5, 0.6) is 0 Å². The van der Waals surface area contributed by atoms with Crippen LogP contribution in [-0.2, 0) is 6.54 Å². The summed E-state index contributed by atoms with van der Waals surface area (Å²) >= 11 is 11.6. The van der Waals surface area contributed by atoms with Crippen molar-refractivity contribution in [1.82, 2.24) is 15.3 Å². The highest BCUT2D eigenvalue weighted by Crippen LogP contribution is 2.28. The molecule has 9 heteroatoms. The number of hydrogen-bond acceptors (Lipinski definition) is 6. The molecule has 1 aromatic carbocycles. The van der Waals surface area contributed by atoms with E-state index in [1.165, 1.54) is 44.9 Å². The van der Waals surface area contributed by atoms with Gasteiger partial charge in [0.15, 0.2) is 5.11 Å². The van der Waals surface area contributed by atoms with Crippen LogP contribution in [0.2, 0.25) is 5.02 Å². The first-order chi connectivity index (χ1) is 18.0. The molecule has 196 valence electrons. The summed E-state index contributed by atoms with van der Waals surface area (Å²) < 4.78 is 5.99. The van der Waals surface area contributed by atoms with Crippen LogP contribution in [0.15, 0.2) is 46.9 Å². The number of nitrogens with one attached hydrogen (secondary N) is 2. The maximum absolute atomic E-state index is 6.00. The molecule has 1 atom stereocenters. The molecule has 2 aliphatic rings. The number of rotatable bonds is 6. The number of thiocarbonyl (C=S) groups is 1. The van der Waals surface area contributed by atoms with Crippen molar-refractivity contribution in [2.24, 2.45) is 0 Å². The van der Waals surface area contributed by atoms with Gasteiger partial charge >= 0.3 is 0 Å². The minimum absolute atomic E-state index is 0.460. The lowest BCUT2D eigenvalue weighted by atomic mass is 10.0. The third-order valence-electron chi connectivity index (χ3n) is 7.17. The first-order valence-corrected chi connectivity index (χ1v) is 14.1. The molecule has 0 aliphatic carbocycles. The van der Waals surface area contributed by atoms with Crippen LogP contribution in [0.4, 0.5) is 17.6 Å². The van der Waals surface area contributed by atoms with Crippen LogP contribution in [0.3, 0.4) is 0 Å². The molecule has 2 aliphatic heterocycles. The average molecular weight is 539 g/mol. The number of hydrogen-bond donors (Lipinski definition) is 2. The first-order valence-electron chi connectivity index (χ1n) is 13.4. The van der Waals surface area contributed by atoms with Gasteiger partial charge in [0.05, 0.1) is 6.54 Å². The summed E-state index contributed by atoms with van der Waals surface area (Å²) in [5, 5.41) is 7.64. The quantitative estimate of drug-likeness (QED) is 0.339. The lowest BCUT2D eigenvalue weighted by molar-refractivity contribution is 0.481. The van der Waals surface area contributed by atoms with Gasteiger partial charge in [-0.2, -0.15) is 9.97 Å². The molecule has 0 bridgehead atoms. The molecule has 2 fully saturated rings. The monoisotopic (exact) mass is 538 g/mol. The standard InChI is InChI=1S/C28H35ClN6OS/c1-20-8-4-7-17-35(20)26-18-25(34-15-5-2-3-6-16-34)31-27(32-26)33-28(37)30-19-23-13-14-24(36-23)21-9-11-22(29)12-10-21/h9-14,18,20H,2-8,15-17,19H2,1H3,(H2,30,31,32,33,37). The van der Waals surface area contributed by atoms with E-state index < -0.39 is 0 Å². The largest absolute Gasteiger partial charge is 0.459 e. The molecule has 3 aromatic rings. The molecular formula is C28H35ClN6OS. The molecule has 0 spiro atoms. The van der Waals surface area contributed by atoms with Crippen molar-refractivity contribution in [1.29, 1.82) is 0 Å². The van der Waals surface area contributed by atoms with Gasteiger partial charge < -0.3 is 24.9 Å². The fourth-order valence-corrected chi connectivity index (χ4v) is 5.37. The van der Waals surface area contributed by atoms with Gasteiger partial charge in [-0.1, -0.05) is 24.4 Å². The fourth-order valence-electron chi connectivity index (χ4n) is 5.08. The van der Waals surface area contributed by atoms with Gasteiger partial charge in [0, 0.05) is 42.3 Å². The van der Waals surface area contributed by atoms with E-state index in [1.807, 2.05) is 36.4 Å². The van der Waals surface area contributed by atoms with Crippen LogP contribution >= 0.6 is 23.8 Å². The zero-order chi connectivity index (χ0) is 25.6. The molecule has 0 radical (unpaired) electrons. The van der Waals surface area contributed by atoms with Crippen LogP contribution in [0.25, 0.3) is 11.3 Å². The predicted octanol–water partition coefficient (Wildman–Crippen LogP) is 6.64. The molecule has 0 amide bonds. The average Bonchev–Trinajstić information content (AvgIpc) is 3.21. The van der Waals surface area contributed by atoms with Crippen molar-refractivity contribution in [2.45, 2.75) is 64.5 Å². The van der Waals surface area contributed by atoms with E-state index in [0.717, 1.165) is 48.4 Å². The molecule has 37 heavy (non-hydrogen) atoms. The van der Waals surface area contributed by atoms with Gasteiger partial charge in [-0.15, -0.1) is 0 Å². The second-order valence-electron chi connectivity index (χ2n) is 9.93. The molecule has 0 saturated carbocycles. The Morgan fingerprint density at radius 3 is 2.46 bits per heavy atom. The molecule has 2 aromatic heterocycles. The third kappa shape index (κ3) is 6.73. The zero-order valence-electron chi connectivity index (χ0n) is 21.4. The van der Waals surface area contributed by atoms with Crippen molar-refractivity contribution in [3.8, 4) is 11.3 Å². The van der Waals surface area contributed by atoms with Crippen molar-refractivity contribution in [3.63, 3.8) is 0 Å². The smallest absolute Gasteiger partial charge is 0.232 e. The normalized spacial score (nSPS) is 18.4. The minimum atomic E-state index is 0.460. The Kier molecular flexibility index (Phi) is 8.46. The Morgan fingerprint density at radius 2 is 1.70 bits per heavy atom. The number of nitrogens with zero attached hydrogens (tertiary/aromatic N) is 4. The van der Waals surface area contributed by atoms with Gasteiger partial charge in [-0.25, -0.2) is 0 Å². The van der Waals surface area contributed by atoms with Gasteiger partial charge in [0.2, 0.25) is 5.95 Å². The highest BCUT2D eigenvalue weighted by Gasteiger charge is 2.23. The van der Waals surface area contributed by atoms with E-state index in [2.05, 4.69) is 33.4 Å². The fraction of sp³-hybridized carbons (Fsp3) is 0.464. The second kappa shape index (κ2) is 12.1. The van der Waals surface area contributed by atoms with Crippen LogP contribution in [0.1, 0.15) is 57.6 Å². The summed E-state index contributed by atoms with van der Waals surface area (Å²) in [5.41, 5.74) is 0.981. The van der Waals surface area contributed by atoms with E-state index in [-0.39, 0.29) is 0 Å². The number of furan rings is 1. The van der Waals surface area contributed by atoms with Gasteiger partial charge in [0.1, 0.15) is 23.2 Å². The number of benzene rings is 1. The van der Waals surface area contributed by atoms with E-state index in [0.29, 0.717) is 28.7 Å². The van der Waals surface area contributed by atoms with E-state index in [9.17, 15) is 0 Å². The SMILES string of the molecule is CC1CCCCN1c1cc(N2CCCCCC2)nc(NC(=S)NCc2ccc(-c3ccc(Cl)cc3)o2)n1. The summed E-state index contributed by atoms with van der Waals surface area (Å²) in [6.07, 6.45) is 8.61. The van der Waals surface area contributed by atoms with Crippen molar-refractivity contribution in [2.75, 3.05) is 34.8 Å². The molecule has 2 saturated heterocycles. The highest BCUT2D eigenvalue weighted by molar-refractivity contribution is 7.80. The van der Waals surface area contributed by atoms with E-state index in [1.54, 1.807) is 0 Å².